The van der Waals surface area contributed by atoms with E-state index in [1.54, 1.807) is 13.0 Å². The Morgan fingerprint density at radius 3 is 2.69 bits per heavy atom. The molecule has 0 aromatic carbocycles. The number of nitrogens with zero attached hydrogens (tertiary/aromatic N) is 1. The molecule has 2 heteroatoms. The molecule has 0 aliphatic heterocycles. The molecule has 1 saturated carbocycles. The van der Waals surface area contributed by atoms with E-state index in [9.17, 15) is 4.79 Å². The molecule has 1 fully saturated rings. The minimum Gasteiger partial charge on any atom is -0.295 e. The van der Waals surface area contributed by atoms with E-state index >= 15 is 0 Å². The molecule has 2 atom stereocenters. The first-order valence-corrected chi connectivity index (χ1v) is 4.56. The van der Waals surface area contributed by atoms with E-state index < -0.39 is 0 Å². The molecule has 1 rings (SSSR count). The third-order valence-electron chi connectivity index (χ3n) is 2.99. The SMILES string of the molecule is CC(=O)/C=C/[C@H]1[C@H](CC#N)C1(C)C. The van der Waals surface area contributed by atoms with Gasteiger partial charge in [-0.25, -0.2) is 0 Å². The molecule has 0 radical (unpaired) electrons. The van der Waals surface area contributed by atoms with E-state index in [2.05, 4.69) is 19.9 Å². The Balaban J connectivity index is 2.56. The highest BCUT2D eigenvalue weighted by Gasteiger charge is 2.55. The Bertz CT molecular complexity index is 283. The molecule has 0 aromatic rings. The smallest absolute Gasteiger partial charge is 0.152 e. The van der Waals surface area contributed by atoms with Crippen molar-refractivity contribution in [2.24, 2.45) is 17.3 Å². The Labute approximate surface area is 79.2 Å². The molecule has 1 aliphatic rings. The van der Waals surface area contributed by atoms with Crippen LogP contribution >= 0.6 is 0 Å². The van der Waals surface area contributed by atoms with Gasteiger partial charge in [-0.3, -0.25) is 4.79 Å². The van der Waals surface area contributed by atoms with Gasteiger partial charge in [-0.2, -0.15) is 5.26 Å². The summed E-state index contributed by atoms with van der Waals surface area (Å²) in [5, 5.41) is 8.56. The van der Waals surface area contributed by atoms with Crippen molar-refractivity contribution in [3.8, 4) is 6.07 Å². The highest BCUT2D eigenvalue weighted by atomic mass is 16.1. The van der Waals surface area contributed by atoms with Gasteiger partial charge in [-0.1, -0.05) is 19.9 Å². The van der Waals surface area contributed by atoms with E-state index in [0.717, 1.165) is 0 Å². The lowest BCUT2D eigenvalue weighted by Gasteiger charge is -1.96. The maximum absolute atomic E-state index is 10.7. The van der Waals surface area contributed by atoms with Gasteiger partial charge in [0, 0.05) is 6.42 Å². The molecule has 0 aromatic heterocycles. The maximum Gasteiger partial charge on any atom is 0.152 e. The van der Waals surface area contributed by atoms with Gasteiger partial charge in [0.2, 0.25) is 0 Å². The van der Waals surface area contributed by atoms with Crippen molar-refractivity contribution in [1.82, 2.24) is 0 Å². The Morgan fingerprint density at radius 1 is 1.62 bits per heavy atom. The zero-order valence-corrected chi connectivity index (χ0v) is 8.37. The molecule has 0 heterocycles. The van der Waals surface area contributed by atoms with E-state index in [1.165, 1.54) is 0 Å². The molecule has 0 spiro atoms. The molecule has 70 valence electrons. The molecule has 1 aliphatic carbocycles. The summed E-state index contributed by atoms with van der Waals surface area (Å²) < 4.78 is 0. The highest BCUT2D eigenvalue weighted by Crippen LogP contribution is 2.60. The summed E-state index contributed by atoms with van der Waals surface area (Å²) in [4.78, 5) is 10.7. The van der Waals surface area contributed by atoms with Crippen LogP contribution in [0.1, 0.15) is 27.2 Å². The minimum atomic E-state index is 0.0819. The summed E-state index contributed by atoms with van der Waals surface area (Å²) in [5.41, 5.74) is 0.210. The van der Waals surface area contributed by atoms with Gasteiger partial charge in [-0.05, 0) is 30.3 Å². The summed E-state index contributed by atoms with van der Waals surface area (Å²) in [6.07, 6.45) is 4.16. The summed E-state index contributed by atoms with van der Waals surface area (Å²) in [5.74, 6) is 0.933. The lowest BCUT2D eigenvalue weighted by Crippen LogP contribution is -1.89. The van der Waals surface area contributed by atoms with E-state index in [-0.39, 0.29) is 11.2 Å². The number of rotatable bonds is 3. The van der Waals surface area contributed by atoms with Crippen molar-refractivity contribution in [3.05, 3.63) is 12.2 Å². The van der Waals surface area contributed by atoms with Gasteiger partial charge in [0.25, 0.3) is 0 Å². The van der Waals surface area contributed by atoms with E-state index in [0.29, 0.717) is 18.3 Å². The van der Waals surface area contributed by atoms with Crippen molar-refractivity contribution in [3.63, 3.8) is 0 Å². The van der Waals surface area contributed by atoms with Crippen LogP contribution < -0.4 is 0 Å². The minimum absolute atomic E-state index is 0.0819. The van der Waals surface area contributed by atoms with Crippen LogP contribution in [-0.4, -0.2) is 5.78 Å². The van der Waals surface area contributed by atoms with Gasteiger partial charge < -0.3 is 0 Å². The van der Waals surface area contributed by atoms with Gasteiger partial charge in [0.05, 0.1) is 6.07 Å². The summed E-state index contributed by atoms with van der Waals surface area (Å²) >= 11 is 0. The molecular weight excluding hydrogens is 162 g/mol. The lowest BCUT2D eigenvalue weighted by molar-refractivity contribution is -0.112. The summed E-state index contributed by atoms with van der Waals surface area (Å²) in [6.45, 7) is 5.83. The second-order valence-electron chi connectivity index (χ2n) is 4.29. The van der Waals surface area contributed by atoms with Crippen molar-refractivity contribution in [2.45, 2.75) is 27.2 Å². The molecule has 0 unspecified atom stereocenters. The van der Waals surface area contributed by atoms with Crippen molar-refractivity contribution >= 4 is 5.78 Å². The van der Waals surface area contributed by atoms with Crippen LogP contribution in [0.2, 0.25) is 0 Å². The van der Waals surface area contributed by atoms with Crippen LogP contribution in [0.5, 0.6) is 0 Å². The number of allylic oxidation sites excluding steroid dienone is 2. The fourth-order valence-corrected chi connectivity index (χ4v) is 1.90. The first kappa shape index (κ1) is 9.98. The third kappa shape index (κ3) is 1.98. The molecule has 2 nitrogen and oxygen atoms in total. The van der Waals surface area contributed by atoms with E-state index in [4.69, 9.17) is 5.26 Å². The highest BCUT2D eigenvalue weighted by molar-refractivity contribution is 5.87. The number of carbonyl (C=O) groups is 1. The van der Waals surface area contributed by atoms with Gasteiger partial charge in [0.1, 0.15) is 0 Å². The normalized spacial score (nSPS) is 30.0. The number of hydrogen-bond acceptors (Lipinski definition) is 2. The topological polar surface area (TPSA) is 40.9 Å². The first-order chi connectivity index (χ1) is 6.00. The van der Waals surface area contributed by atoms with Crippen LogP contribution in [-0.2, 0) is 4.79 Å². The molecule has 0 N–H and O–H groups in total. The van der Waals surface area contributed by atoms with Crippen molar-refractivity contribution in [1.29, 1.82) is 5.26 Å². The maximum atomic E-state index is 10.7. The fraction of sp³-hybridized carbons (Fsp3) is 0.636. The molecule has 13 heavy (non-hydrogen) atoms. The fourth-order valence-electron chi connectivity index (χ4n) is 1.90. The number of nitriles is 1. The first-order valence-electron chi connectivity index (χ1n) is 4.56. The van der Waals surface area contributed by atoms with Crippen LogP contribution in [0, 0.1) is 28.6 Å². The summed E-state index contributed by atoms with van der Waals surface area (Å²) in [7, 11) is 0. The van der Waals surface area contributed by atoms with Gasteiger partial charge in [-0.15, -0.1) is 0 Å². The van der Waals surface area contributed by atoms with Crippen molar-refractivity contribution in [2.75, 3.05) is 0 Å². The van der Waals surface area contributed by atoms with Gasteiger partial charge >= 0.3 is 0 Å². The predicted molar refractivity (Wildman–Crippen MR) is 50.8 cm³/mol. The predicted octanol–water partition coefficient (Wildman–Crippen LogP) is 2.32. The Morgan fingerprint density at radius 2 is 2.23 bits per heavy atom. The average Bonchev–Trinajstić information content (AvgIpc) is 2.51. The standard InChI is InChI=1S/C11H15NO/c1-8(13)4-5-9-10(6-7-12)11(9,2)3/h4-5,9-10H,6H2,1-3H3/b5-4+/t9-,10-/m0/s1. The Kier molecular flexibility index (Phi) is 2.56. The monoisotopic (exact) mass is 177 g/mol. The third-order valence-corrected chi connectivity index (χ3v) is 2.99. The lowest BCUT2D eigenvalue weighted by atomic mass is 10.1. The zero-order valence-electron chi connectivity index (χ0n) is 8.37. The molecular formula is C11H15NO. The van der Waals surface area contributed by atoms with Gasteiger partial charge in [0.15, 0.2) is 5.78 Å². The number of hydrogen-bond donors (Lipinski definition) is 0. The van der Waals surface area contributed by atoms with Crippen LogP contribution in [0.4, 0.5) is 0 Å². The van der Waals surface area contributed by atoms with Crippen LogP contribution in [0.15, 0.2) is 12.2 Å². The average molecular weight is 177 g/mol. The number of carbonyl (C=O) groups excluding carboxylic acids is 1. The summed E-state index contributed by atoms with van der Waals surface area (Å²) in [6, 6.07) is 2.18. The molecule has 0 amide bonds. The quantitative estimate of drug-likeness (QED) is 0.621. The van der Waals surface area contributed by atoms with Crippen LogP contribution in [0.25, 0.3) is 0 Å². The van der Waals surface area contributed by atoms with Crippen molar-refractivity contribution < 1.29 is 4.79 Å². The van der Waals surface area contributed by atoms with Crippen LogP contribution in [0.3, 0.4) is 0 Å². The van der Waals surface area contributed by atoms with E-state index in [1.807, 2.05) is 6.08 Å². The molecule has 0 bridgehead atoms. The largest absolute Gasteiger partial charge is 0.295 e. The second kappa shape index (κ2) is 3.33. The molecule has 0 saturated heterocycles. The zero-order chi connectivity index (χ0) is 10.1. The second-order valence-corrected chi connectivity index (χ2v) is 4.29. The number of ketones is 1. The Hall–Kier alpha value is -1.10.